The zero-order valence-electron chi connectivity index (χ0n) is 16.9. The van der Waals surface area contributed by atoms with Gasteiger partial charge in [0.05, 0.1) is 0 Å². The van der Waals surface area contributed by atoms with Crippen LogP contribution in [-0.4, -0.2) is 12.5 Å². The van der Waals surface area contributed by atoms with Crippen LogP contribution in [0.15, 0.2) is 82.8 Å². The fraction of sp³-hybridized carbons (Fsp3) is 0.0800. The van der Waals surface area contributed by atoms with Gasteiger partial charge in [-0.3, -0.25) is 4.79 Å². The minimum absolute atomic E-state index is 0.102. The first-order valence-electron chi connectivity index (χ1n) is 9.58. The lowest BCUT2D eigenvalue weighted by Crippen LogP contribution is -2.13. The van der Waals surface area contributed by atoms with Gasteiger partial charge in [-0.15, -0.1) is 0 Å². The lowest BCUT2D eigenvalue weighted by molar-refractivity contribution is -0.112. The van der Waals surface area contributed by atoms with Crippen molar-refractivity contribution in [3.05, 3.63) is 94.0 Å². The van der Waals surface area contributed by atoms with E-state index < -0.39 is 5.91 Å². The number of nitrogens with zero attached hydrogens (tertiary/aromatic N) is 2. The molecule has 1 amide bonds. The molecule has 0 aliphatic rings. The van der Waals surface area contributed by atoms with E-state index in [4.69, 9.17) is 14.7 Å². The number of nitrogens with one attached hydrogen (secondary N) is 1. The van der Waals surface area contributed by atoms with Gasteiger partial charge in [-0.1, -0.05) is 46.3 Å². The van der Waals surface area contributed by atoms with Crippen molar-refractivity contribution < 1.29 is 14.3 Å². The van der Waals surface area contributed by atoms with E-state index in [1.165, 1.54) is 6.08 Å². The van der Waals surface area contributed by atoms with Gasteiger partial charge in [-0.25, -0.2) is 0 Å². The molecule has 0 aromatic heterocycles. The Morgan fingerprint density at radius 2 is 1.75 bits per heavy atom. The summed E-state index contributed by atoms with van der Waals surface area (Å²) in [6, 6.07) is 25.6. The molecular weight excluding hydrogens is 470 g/mol. The van der Waals surface area contributed by atoms with Crippen molar-refractivity contribution in [2.24, 2.45) is 0 Å². The third kappa shape index (κ3) is 6.46. The van der Waals surface area contributed by atoms with Crippen LogP contribution in [0.2, 0.25) is 0 Å². The van der Waals surface area contributed by atoms with Crippen LogP contribution in [0.3, 0.4) is 0 Å². The number of ether oxygens (including phenoxy) is 2. The van der Waals surface area contributed by atoms with Crippen LogP contribution in [0.4, 0.5) is 5.69 Å². The predicted octanol–water partition coefficient (Wildman–Crippen LogP) is 5.48. The van der Waals surface area contributed by atoms with Gasteiger partial charge in [-0.2, -0.15) is 10.5 Å². The molecule has 3 aromatic rings. The smallest absolute Gasteiger partial charge is 0.266 e. The maximum absolute atomic E-state index is 12.6. The van der Waals surface area contributed by atoms with Crippen LogP contribution in [-0.2, 0) is 11.4 Å². The van der Waals surface area contributed by atoms with Crippen molar-refractivity contribution in [2.75, 3.05) is 11.9 Å². The van der Waals surface area contributed by atoms with E-state index >= 15 is 0 Å². The normalized spacial score (nSPS) is 10.5. The lowest BCUT2D eigenvalue weighted by atomic mass is 10.1. The minimum atomic E-state index is -0.559. The van der Waals surface area contributed by atoms with E-state index in [0.29, 0.717) is 29.4 Å². The topological polar surface area (TPSA) is 95.1 Å². The zero-order chi connectivity index (χ0) is 22.8. The molecule has 0 heterocycles. The third-order valence-electron chi connectivity index (χ3n) is 4.29. The number of nitriles is 2. The molecule has 158 valence electrons. The molecule has 0 radical (unpaired) electrons. The number of anilines is 1. The van der Waals surface area contributed by atoms with E-state index in [-0.39, 0.29) is 12.2 Å². The number of carbonyl (C=O) groups is 1. The molecule has 6 nitrogen and oxygen atoms in total. The average Bonchev–Trinajstić information content (AvgIpc) is 2.82. The molecule has 0 saturated carbocycles. The molecule has 3 aromatic carbocycles. The second kappa shape index (κ2) is 11.4. The van der Waals surface area contributed by atoms with E-state index in [2.05, 4.69) is 21.2 Å². The maximum Gasteiger partial charge on any atom is 0.266 e. The third-order valence-corrected chi connectivity index (χ3v) is 4.78. The maximum atomic E-state index is 12.6. The van der Waals surface area contributed by atoms with Gasteiger partial charge in [0.2, 0.25) is 0 Å². The van der Waals surface area contributed by atoms with Crippen LogP contribution in [0.25, 0.3) is 6.08 Å². The molecule has 1 N–H and O–H groups in total. The van der Waals surface area contributed by atoms with Crippen LogP contribution >= 0.6 is 15.9 Å². The van der Waals surface area contributed by atoms with Crippen molar-refractivity contribution in [3.8, 4) is 23.6 Å². The lowest BCUT2D eigenvalue weighted by Gasteiger charge is -2.09. The van der Waals surface area contributed by atoms with Gasteiger partial charge in [0.1, 0.15) is 35.8 Å². The SMILES string of the molecule is N#CCOc1ccc(Br)cc1/C=C(\C#N)C(=O)Nc1ccc(OCc2ccccc2)cc1. The number of halogens is 1. The highest BCUT2D eigenvalue weighted by Crippen LogP contribution is 2.26. The highest BCUT2D eigenvalue weighted by Gasteiger charge is 2.12. The molecule has 32 heavy (non-hydrogen) atoms. The molecule has 0 atom stereocenters. The van der Waals surface area contributed by atoms with Crippen molar-refractivity contribution in [2.45, 2.75) is 6.61 Å². The molecule has 0 fully saturated rings. The average molecular weight is 488 g/mol. The fourth-order valence-electron chi connectivity index (χ4n) is 2.75. The monoisotopic (exact) mass is 487 g/mol. The first-order chi connectivity index (χ1) is 15.6. The Labute approximate surface area is 194 Å². The highest BCUT2D eigenvalue weighted by molar-refractivity contribution is 9.10. The number of rotatable bonds is 8. The Morgan fingerprint density at radius 3 is 2.44 bits per heavy atom. The van der Waals surface area contributed by atoms with E-state index in [1.54, 1.807) is 42.5 Å². The minimum Gasteiger partial charge on any atom is -0.489 e. The second-order valence-electron chi connectivity index (χ2n) is 6.55. The second-order valence-corrected chi connectivity index (χ2v) is 7.47. The van der Waals surface area contributed by atoms with Crippen molar-refractivity contribution in [3.63, 3.8) is 0 Å². The molecule has 0 aliphatic carbocycles. The van der Waals surface area contributed by atoms with Gasteiger partial charge >= 0.3 is 0 Å². The van der Waals surface area contributed by atoms with Gasteiger partial charge in [0.25, 0.3) is 5.91 Å². The summed E-state index contributed by atoms with van der Waals surface area (Å²) in [6.45, 7) is 0.298. The van der Waals surface area contributed by atoms with Crippen molar-refractivity contribution >= 4 is 33.6 Å². The van der Waals surface area contributed by atoms with Gasteiger partial charge in [0.15, 0.2) is 6.61 Å². The molecule has 0 unspecified atom stereocenters. The summed E-state index contributed by atoms with van der Waals surface area (Å²) in [7, 11) is 0. The standard InChI is InChI=1S/C25H18BrN3O3/c26-21-6-11-24(31-13-12-27)19(15-21)14-20(16-28)25(30)29-22-7-9-23(10-8-22)32-17-18-4-2-1-3-5-18/h1-11,14-15H,13,17H2,(H,29,30)/b20-14+. The quantitative estimate of drug-likeness (QED) is 0.335. The largest absolute Gasteiger partial charge is 0.489 e. The first-order valence-corrected chi connectivity index (χ1v) is 10.4. The summed E-state index contributed by atoms with van der Waals surface area (Å²) in [4.78, 5) is 12.6. The Kier molecular flexibility index (Phi) is 8.02. The molecule has 0 spiro atoms. The molecule has 7 heteroatoms. The Bertz CT molecular complexity index is 1190. The van der Waals surface area contributed by atoms with Crippen LogP contribution in [0.5, 0.6) is 11.5 Å². The fourth-order valence-corrected chi connectivity index (χ4v) is 3.13. The number of amides is 1. The molecule has 0 aliphatic heterocycles. The Morgan fingerprint density at radius 1 is 1.00 bits per heavy atom. The number of hydrogen-bond donors (Lipinski definition) is 1. The number of carbonyl (C=O) groups excluding carboxylic acids is 1. The van der Waals surface area contributed by atoms with E-state index in [0.717, 1.165) is 10.0 Å². The van der Waals surface area contributed by atoms with Gasteiger partial charge in [0, 0.05) is 15.7 Å². The Balaban J connectivity index is 1.68. The van der Waals surface area contributed by atoms with Crippen molar-refractivity contribution in [1.82, 2.24) is 0 Å². The van der Waals surface area contributed by atoms with E-state index in [9.17, 15) is 10.1 Å². The molecule has 3 rings (SSSR count). The van der Waals surface area contributed by atoms with E-state index in [1.807, 2.05) is 42.5 Å². The summed E-state index contributed by atoms with van der Waals surface area (Å²) in [6.07, 6.45) is 1.42. The molecule has 0 bridgehead atoms. The summed E-state index contributed by atoms with van der Waals surface area (Å²) >= 11 is 3.36. The Hall–Kier alpha value is -4.07. The zero-order valence-corrected chi connectivity index (χ0v) is 18.5. The number of hydrogen-bond acceptors (Lipinski definition) is 5. The highest BCUT2D eigenvalue weighted by atomic mass is 79.9. The first kappa shape index (κ1) is 22.6. The van der Waals surface area contributed by atoms with Gasteiger partial charge < -0.3 is 14.8 Å². The van der Waals surface area contributed by atoms with Crippen LogP contribution in [0, 0.1) is 22.7 Å². The van der Waals surface area contributed by atoms with Crippen molar-refractivity contribution in [1.29, 1.82) is 10.5 Å². The summed E-state index contributed by atoms with van der Waals surface area (Å²) < 4.78 is 11.9. The van der Waals surface area contributed by atoms with Crippen LogP contribution < -0.4 is 14.8 Å². The molecule has 0 saturated heterocycles. The summed E-state index contributed by atoms with van der Waals surface area (Å²) in [5, 5.41) is 20.9. The number of benzene rings is 3. The summed E-state index contributed by atoms with van der Waals surface area (Å²) in [5.74, 6) is 0.503. The summed E-state index contributed by atoms with van der Waals surface area (Å²) in [5.41, 5.74) is 1.98. The molecular formula is C25H18BrN3O3. The van der Waals surface area contributed by atoms with Crippen LogP contribution in [0.1, 0.15) is 11.1 Å². The van der Waals surface area contributed by atoms with Gasteiger partial charge in [-0.05, 0) is 54.1 Å². The predicted molar refractivity (Wildman–Crippen MR) is 125 cm³/mol.